The Morgan fingerprint density at radius 3 is 2.48 bits per heavy atom. The first-order chi connectivity index (χ1) is 10.2. The van der Waals surface area contributed by atoms with Crippen molar-refractivity contribution >= 4 is 29.2 Å². The van der Waals surface area contributed by atoms with Gasteiger partial charge in [0.1, 0.15) is 0 Å². The molecule has 4 nitrogen and oxygen atoms in total. The van der Waals surface area contributed by atoms with Gasteiger partial charge in [-0.2, -0.15) is 0 Å². The van der Waals surface area contributed by atoms with Gasteiger partial charge in [0.2, 0.25) is 5.95 Å². The highest BCUT2D eigenvalue weighted by atomic mass is 35.5. The van der Waals surface area contributed by atoms with Crippen LogP contribution in [0.15, 0.2) is 48.9 Å². The summed E-state index contributed by atoms with van der Waals surface area (Å²) in [7, 11) is 0. The van der Waals surface area contributed by atoms with Gasteiger partial charge in [-0.05, 0) is 18.2 Å². The number of halogens is 2. The molecule has 104 valence electrons. The van der Waals surface area contributed by atoms with Crippen molar-refractivity contribution in [2.75, 3.05) is 5.73 Å². The van der Waals surface area contributed by atoms with Crippen molar-refractivity contribution in [3.63, 3.8) is 0 Å². The van der Waals surface area contributed by atoms with E-state index in [1.165, 1.54) is 0 Å². The molecule has 0 unspecified atom stereocenters. The zero-order valence-electron chi connectivity index (χ0n) is 10.8. The van der Waals surface area contributed by atoms with Gasteiger partial charge in [-0.1, -0.05) is 35.3 Å². The summed E-state index contributed by atoms with van der Waals surface area (Å²) in [5.74, 6) is 0.198. The summed E-state index contributed by atoms with van der Waals surface area (Å²) in [6, 6.07) is 9.13. The normalized spacial score (nSPS) is 10.6. The van der Waals surface area contributed by atoms with Crippen LogP contribution in [0.25, 0.3) is 22.4 Å². The van der Waals surface area contributed by atoms with Crippen LogP contribution in [0.4, 0.5) is 5.95 Å². The van der Waals surface area contributed by atoms with Crippen molar-refractivity contribution in [1.82, 2.24) is 15.0 Å². The van der Waals surface area contributed by atoms with Crippen LogP contribution in [0.2, 0.25) is 10.0 Å². The molecular weight excluding hydrogens is 307 g/mol. The topological polar surface area (TPSA) is 64.7 Å². The molecule has 2 aromatic heterocycles. The molecule has 0 radical (unpaired) electrons. The second-order valence-corrected chi connectivity index (χ2v) is 5.11. The molecule has 0 spiro atoms. The lowest BCUT2D eigenvalue weighted by atomic mass is 10.0. The van der Waals surface area contributed by atoms with Gasteiger partial charge in [0.25, 0.3) is 0 Å². The van der Waals surface area contributed by atoms with Crippen LogP contribution in [0, 0.1) is 0 Å². The molecule has 0 atom stereocenters. The van der Waals surface area contributed by atoms with Crippen molar-refractivity contribution in [1.29, 1.82) is 0 Å². The molecule has 0 amide bonds. The Hall–Kier alpha value is -2.17. The molecule has 3 rings (SSSR count). The predicted molar refractivity (Wildman–Crippen MR) is 85.1 cm³/mol. The van der Waals surface area contributed by atoms with E-state index < -0.39 is 0 Å². The van der Waals surface area contributed by atoms with E-state index >= 15 is 0 Å². The third-order valence-electron chi connectivity index (χ3n) is 3.00. The van der Waals surface area contributed by atoms with Crippen molar-refractivity contribution < 1.29 is 0 Å². The van der Waals surface area contributed by atoms with Crippen LogP contribution in [-0.4, -0.2) is 15.0 Å². The van der Waals surface area contributed by atoms with Gasteiger partial charge in [-0.15, -0.1) is 0 Å². The molecule has 0 aliphatic rings. The Bertz CT molecular complexity index is 791. The number of nitrogen functional groups attached to an aromatic ring is 1. The quantitative estimate of drug-likeness (QED) is 0.773. The fourth-order valence-corrected chi connectivity index (χ4v) is 2.44. The average molecular weight is 317 g/mol. The van der Waals surface area contributed by atoms with E-state index in [0.717, 1.165) is 16.7 Å². The second-order valence-electron chi connectivity index (χ2n) is 4.33. The maximum atomic E-state index is 6.30. The van der Waals surface area contributed by atoms with Crippen molar-refractivity contribution in [2.24, 2.45) is 0 Å². The Balaban J connectivity index is 2.27. The molecule has 0 aliphatic carbocycles. The molecule has 0 fully saturated rings. The van der Waals surface area contributed by atoms with Crippen molar-refractivity contribution in [3.8, 4) is 22.4 Å². The largest absolute Gasteiger partial charge is 0.368 e. The second kappa shape index (κ2) is 5.68. The maximum Gasteiger partial charge on any atom is 0.220 e. The van der Waals surface area contributed by atoms with E-state index in [4.69, 9.17) is 28.9 Å². The van der Waals surface area contributed by atoms with E-state index in [1.807, 2.05) is 24.3 Å². The number of aromatic nitrogens is 3. The van der Waals surface area contributed by atoms with Gasteiger partial charge in [0, 0.05) is 35.3 Å². The number of nitrogens with zero attached hydrogens (tertiary/aromatic N) is 3. The number of pyridine rings is 1. The highest BCUT2D eigenvalue weighted by Gasteiger charge is 2.14. The molecule has 1 aromatic carbocycles. The fraction of sp³-hybridized carbons (Fsp3) is 0. The van der Waals surface area contributed by atoms with E-state index in [1.54, 1.807) is 24.7 Å². The molecule has 2 heterocycles. The summed E-state index contributed by atoms with van der Waals surface area (Å²) in [6.45, 7) is 0. The van der Waals surface area contributed by atoms with Gasteiger partial charge in [-0.25, -0.2) is 9.97 Å². The molecule has 2 N–H and O–H groups in total. The van der Waals surface area contributed by atoms with Gasteiger partial charge in [0.15, 0.2) is 0 Å². The Labute approximate surface area is 131 Å². The molecule has 3 aromatic rings. The van der Waals surface area contributed by atoms with Gasteiger partial charge < -0.3 is 5.73 Å². The molecule has 0 saturated heterocycles. The van der Waals surface area contributed by atoms with E-state index in [2.05, 4.69) is 15.0 Å². The summed E-state index contributed by atoms with van der Waals surface area (Å²) in [6.07, 6.45) is 5.03. The molecule has 0 aliphatic heterocycles. The minimum Gasteiger partial charge on any atom is -0.368 e. The van der Waals surface area contributed by atoms with Crippen LogP contribution < -0.4 is 5.73 Å². The Morgan fingerprint density at radius 1 is 0.952 bits per heavy atom. The lowest BCUT2D eigenvalue weighted by Gasteiger charge is -2.11. The minimum atomic E-state index is 0.198. The molecule has 6 heteroatoms. The number of rotatable bonds is 2. The summed E-state index contributed by atoms with van der Waals surface area (Å²) in [5, 5.41) is 0.939. The van der Waals surface area contributed by atoms with Crippen molar-refractivity contribution in [2.45, 2.75) is 0 Å². The van der Waals surface area contributed by atoms with E-state index in [9.17, 15) is 0 Å². The molecular formula is C15H10Cl2N4. The Morgan fingerprint density at radius 2 is 1.71 bits per heavy atom. The van der Waals surface area contributed by atoms with Gasteiger partial charge in [0.05, 0.1) is 15.7 Å². The highest BCUT2D eigenvalue weighted by molar-refractivity contribution is 6.43. The predicted octanol–water partition coefficient (Wildman–Crippen LogP) is 4.09. The number of anilines is 1. The van der Waals surface area contributed by atoms with Crippen LogP contribution in [0.3, 0.4) is 0 Å². The smallest absolute Gasteiger partial charge is 0.220 e. The van der Waals surface area contributed by atoms with Crippen molar-refractivity contribution in [3.05, 3.63) is 59.0 Å². The minimum absolute atomic E-state index is 0.198. The van der Waals surface area contributed by atoms with Crippen LogP contribution >= 0.6 is 23.2 Å². The monoisotopic (exact) mass is 316 g/mol. The lowest BCUT2D eigenvalue weighted by Crippen LogP contribution is -1.99. The SMILES string of the molecule is Nc1ncc(-c2cccc(Cl)c2Cl)c(-c2ccncc2)n1. The first-order valence-corrected chi connectivity index (χ1v) is 6.89. The third kappa shape index (κ3) is 2.68. The van der Waals surface area contributed by atoms with E-state index in [-0.39, 0.29) is 5.95 Å². The summed E-state index contributed by atoms with van der Waals surface area (Å²) < 4.78 is 0. The molecule has 0 saturated carbocycles. The third-order valence-corrected chi connectivity index (χ3v) is 3.82. The zero-order valence-corrected chi connectivity index (χ0v) is 12.3. The fourth-order valence-electron chi connectivity index (χ4n) is 2.03. The Kier molecular flexibility index (Phi) is 3.73. The maximum absolute atomic E-state index is 6.30. The molecule has 0 bridgehead atoms. The van der Waals surface area contributed by atoms with E-state index in [0.29, 0.717) is 15.7 Å². The van der Waals surface area contributed by atoms with Gasteiger partial charge >= 0.3 is 0 Å². The van der Waals surface area contributed by atoms with Crippen LogP contribution in [0.5, 0.6) is 0 Å². The summed E-state index contributed by atoms with van der Waals surface area (Å²) >= 11 is 12.4. The molecule has 21 heavy (non-hydrogen) atoms. The summed E-state index contributed by atoms with van der Waals surface area (Å²) in [4.78, 5) is 12.4. The van der Waals surface area contributed by atoms with Crippen LogP contribution in [-0.2, 0) is 0 Å². The number of hydrogen-bond donors (Lipinski definition) is 1. The number of benzene rings is 1. The average Bonchev–Trinajstić information content (AvgIpc) is 2.51. The summed E-state index contributed by atoms with van der Waals surface area (Å²) in [5.41, 5.74) is 8.81. The highest BCUT2D eigenvalue weighted by Crippen LogP contribution is 2.37. The first kappa shape index (κ1) is 13.8. The zero-order chi connectivity index (χ0) is 14.8. The number of nitrogens with two attached hydrogens (primary N) is 1. The first-order valence-electron chi connectivity index (χ1n) is 6.14. The van der Waals surface area contributed by atoms with Gasteiger partial charge in [-0.3, -0.25) is 4.98 Å². The van der Waals surface area contributed by atoms with Crippen LogP contribution in [0.1, 0.15) is 0 Å². The number of hydrogen-bond acceptors (Lipinski definition) is 4. The standard InChI is InChI=1S/C15H10Cl2N4/c16-12-3-1-2-10(13(12)17)11-8-20-15(18)21-14(11)9-4-6-19-7-5-9/h1-8H,(H2,18,20,21). The lowest BCUT2D eigenvalue weighted by molar-refractivity contribution is 1.19.